The second kappa shape index (κ2) is 12.5. The third-order valence-corrected chi connectivity index (χ3v) is 7.04. The van der Waals surface area contributed by atoms with Crippen molar-refractivity contribution < 1.29 is 18.0 Å². The Labute approximate surface area is 220 Å². The molecule has 0 saturated heterocycles. The molecule has 37 heavy (non-hydrogen) atoms. The second-order valence-electron chi connectivity index (χ2n) is 9.48. The normalized spacial score (nSPS) is 12.1. The summed E-state index contributed by atoms with van der Waals surface area (Å²) in [5, 5.41) is 2.94. The van der Waals surface area contributed by atoms with E-state index in [1.807, 2.05) is 75.4 Å². The molecule has 0 heterocycles. The molecule has 0 aliphatic heterocycles. The summed E-state index contributed by atoms with van der Waals surface area (Å²) >= 11 is 0. The SMILES string of the molecule is Cc1ccc(CN(C(=O)CN(c2ccccc2)S(C)(=O)=O)C(Cc2ccccc2)C(=O)NC(C)C)cc1. The number of nitrogens with one attached hydrogen (secondary N) is 1. The minimum Gasteiger partial charge on any atom is -0.352 e. The fourth-order valence-corrected chi connectivity index (χ4v) is 4.88. The smallest absolute Gasteiger partial charge is 0.244 e. The van der Waals surface area contributed by atoms with Crippen molar-refractivity contribution in [1.29, 1.82) is 0 Å². The number of nitrogens with zero attached hydrogens (tertiary/aromatic N) is 2. The number of sulfonamides is 1. The summed E-state index contributed by atoms with van der Waals surface area (Å²) in [4.78, 5) is 28.9. The third kappa shape index (κ3) is 8.18. The summed E-state index contributed by atoms with van der Waals surface area (Å²) in [6.45, 7) is 5.45. The number of aryl methyl sites for hydroxylation is 1. The van der Waals surface area contributed by atoms with Gasteiger partial charge in [-0.15, -0.1) is 0 Å². The molecule has 3 aromatic rings. The zero-order chi connectivity index (χ0) is 27.0. The zero-order valence-electron chi connectivity index (χ0n) is 21.8. The number of para-hydroxylation sites is 1. The number of rotatable bonds is 11. The van der Waals surface area contributed by atoms with Gasteiger partial charge in [0.05, 0.1) is 11.9 Å². The molecule has 3 rings (SSSR count). The lowest BCUT2D eigenvalue weighted by Crippen LogP contribution is -2.54. The Hall–Kier alpha value is -3.65. The van der Waals surface area contributed by atoms with Gasteiger partial charge in [0.15, 0.2) is 0 Å². The van der Waals surface area contributed by atoms with Crippen molar-refractivity contribution in [3.63, 3.8) is 0 Å². The van der Waals surface area contributed by atoms with E-state index in [0.717, 1.165) is 27.3 Å². The highest BCUT2D eigenvalue weighted by Crippen LogP contribution is 2.20. The second-order valence-corrected chi connectivity index (χ2v) is 11.4. The summed E-state index contributed by atoms with van der Waals surface area (Å²) in [6.07, 6.45) is 1.37. The monoisotopic (exact) mass is 521 g/mol. The van der Waals surface area contributed by atoms with E-state index in [4.69, 9.17) is 0 Å². The van der Waals surface area contributed by atoms with Gasteiger partial charge < -0.3 is 10.2 Å². The number of anilines is 1. The molecule has 0 aliphatic rings. The van der Waals surface area contributed by atoms with Gasteiger partial charge in [-0.3, -0.25) is 13.9 Å². The van der Waals surface area contributed by atoms with E-state index in [1.54, 1.807) is 30.3 Å². The molecule has 3 aromatic carbocycles. The van der Waals surface area contributed by atoms with Crippen LogP contribution in [0, 0.1) is 6.92 Å². The predicted molar refractivity (Wildman–Crippen MR) is 148 cm³/mol. The molecule has 0 spiro atoms. The van der Waals surface area contributed by atoms with Crippen molar-refractivity contribution in [2.75, 3.05) is 17.1 Å². The molecule has 0 bridgehead atoms. The third-order valence-electron chi connectivity index (χ3n) is 5.90. The van der Waals surface area contributed by atoms with Crippen molar-refractivity contribution in [3.05, 3.63) is 102 Å². The van der Waals surface area contributed by atoms with E-state index in [2.05, 4.69) is 5.32 Å². The predicted octanol–water partition coefficient (Wildman–Crippen LogP) is 3.93. The lowest BCUT2D eigenvalue weighted by atomic mass is 10.0. The highest BCUT2D eigenvalue weighted by molar-refractivity contribution is 7.92. The van der Waals surface area contributed by atoms with Crippen LogP contribution in [0.5, 0.6) is 0 Å². The first kappa shape index (κ1) is 27.9. The van der Waals surface area contributed by atoms with Crippen LogP contribution in [0.15, 0.2) is 84.9 Å². The van der Waals surface area contributed by atoms with Gasteiger partial charge in [0.2, 0.25) is 21.8 Å². The molecule has 0 aliphatic carbocycles. The Bertz CT molecular complexity index is 1280. The largest absolute Gasteiger partial charge is 0.352 e. The molecule has 2 amide bonds. The fourth-order valence-electron chi connectivity index (χ4n) is 4.03. The van der Waals surface area contributed by atoms with Gasteiger partial charge in [-0.2, -0.15) is 0 Å². The first-order valence-corrected chi connectivity index (χ1v) is 14.1. The van der Waals surface area contributed by atoms with E-state index in [1.165, 1.54) is 4.90 Å². The van der Waals surface area contributed by atoms with Crippen LogP contribution in [0.2, 0.25) is 0 Å². The molecule has 0 aromatic heterocycles. The number of hydrogen-bond acceptors (Lipinski definition) is 4. The van der Waals surface area contributed by atoms with Gasteiger partial charge in [0.25, 0.3) is 0 Å². The highest BCUT2D eigenvalue weighted by Gasteiger charge is 2.33. The number of hydrogen-bond donors (Lipinski definition) is 1. The molecule has 196 valence electrons. The van der Waals surface area contributed by atoms with Gasteiger partial charge >= 0.3 is 0 Å². The van der Waals surface area contributed by atoms with Crippen LogP contribution in [0.25, 0.3) is 0 Å². The van der Waals surface area contributed by atoms with Gasteiger partial charge in [-0.05, 0) is 44.0 Å². The first-order valence-electron chi connectivity index (χ1n) is 12.3. The van der Waals surface area contributed by atoms with E-state index < -0.39 is 28.5 Å². The van der Waals surface area contributed by atoms with Gasteiger partial charge in [-0.1, -0.05) is 78.4 Å². The van der Waals surface area contributed by atoms with E-state index >= 15 is 0 Å². The van der Waals surface area contributed by atoms with Crippen LogP contribution in [-0.2, 0) is 32.6 Å². The molecular formula is C29H35N3O4S. The summed E-state index contributed by atoms with van der Waals surface area (Å²) in [5.74, 6) is -0.750. The standard InChI is InChI=1S/C29H35N3O4S/c1-22(2)30-29(34)27(19-24-11-7-5-8-12-24)31(20-25-17-15-23(3)16-18-25)28(33)21-32(37(4,35)36)26-13-9-6-10-14-26/h5-18,22,27H,19-21H2,1-4H3,(H,30,34). The van der Waals surface area contributed by atoms with Crippen molar-refractivity contribution in [1.82, 2.24) is 10.2 Å². The first-order chi connectivity index (χ1) is 17.5. The fraction of sp³-hybridized carbons (Fsp3) is 0.310. The number of amides is 2. The molecule has 8 heteroatoms. The summed E-state index contributed by atoms with van der Waals surface area (Å²) in [6, 6.07) is 24.8. The van der Waals surface area contributed by atoms with Crippen molar-refractivity contribution in [3.8, 4) is 0 Å². The number of carbonyl (C=O) groups is 2. The Morgan fingerprint density at radius 1 is 0.838 bits per heavy atom. The van der Waals surface area contributed by atoms with Crippen molar-refractivity contribution in [2.45, 2.75) is 45.8 Å². The minimum atomic E-state index is -3.76. The van der Waals surface area contributed by atoms with Crippen LogP contribution >= 0.6 is 0 Å². The van der Waals surface area contributed by atoms with Crippen LogP contribution in [0.1, 0.15) is 30.5 Å². The summed E-state index contributed by atoms with van der Waals surface area (Å²) in [7, 11) is -3.76. The Balaban J connectivity index is 2.03. The maximum atomic E-state index is 13.9. The topological polar surface area (TPSA) is 86.8 Å². The maximum absolute atomic E-state index is 13.9. The van der Waals surface area contributed by atoms with E-state index in [0.29, 0.717) is 12.1 Å². The molecule has 0 saturated carbocycles. The molecule has 0 radical (unpaired) electrons. The highest BCUT2D eigenvalue weighted by atomic mass is 32.2. The molecule has 7 nitrogen and oxygen atoms in total. The quantitative estimate of drug-likeness (QED) is 0.414. The van der Waals surface area contributed by atoms with Crippen LogP contribution < -0.4 is 9.62 Å². The Morgan fingerprint density at radius 2 is 1.41 bits per heavy atom. The number of benzene rings is 3. The Kier molecular flexibility index (Phi) is 9.47. The summed E-state index contributed by atoms with van der Waals surface area (Å²) < 4.78 is 26.5. The van der Waals surface area contributed by atoms with E-state index in [-0.39, 0.29) is 18.5 Å². The summed E-state index contributed by atoms with van der Waals surface area (Å²) in [5.41, 5.74) is 3.21. The lowest BCUT2D eigenvalue weighted by molar-refractivity contribution is -0.140. The van der Waals surface area contributed by atoms with Crippen molar-refractivity contribution in [2.24, 2.45) is 0 Å². The minimum absolute atomic E-state index is 0.126. The van der Waals surface area contributed by atoms with Gasteiger partial charge in [0.1, 0.15) is 12.6 Å². The average Bonchev–Trinajstić information content (AvgIpc) is 2.85. The van der Waals surface area contributed by atoms with Crippen LogP contribution in [-0.4, -0.2) is 50.0 Å². The molecule has 1 unspecified atom stereocenters. The van der Waals surface area contributed by atoms with Crippen LogP contribution in [0.4, 0.5) is 5.69 Å². The molecule has 1 N–H and O–H groups in total. The molecule has 0 fully saturated rings. The Morgan fingerprint density at radius 3 is 1.95 bits per heavy atom. The average molecular weight is 522 g/mol. The van der Waals surface area contributed by atoms with Gasteiger partial charge in [0, 0.05) is 19.0 Å². The van der Waals surface area contributed by atoms with E-state index in [9.17, 15) is 18.0 Å². The molecule has 1 atom stereocenters. The molecular weight excluding hydrogens is 486 g/mol. The lowest BCUT2D eigenvalue weighted by Gasteiger charge is -2.34. The zero-order valence-corrected chi connectivity index (χ0v) is 22.6. The van der Waals surface area contributed by atoms with Gasteiger partial charge in [-0.25, -0.2) is 8.42 Å². The van der Waals surface area contributed by atoms with Crippen molar-refractivity contribution >= 4 is 27.5 Å². The van der Waals surface area contributed by atoms with Crippen LogP contribution in [0.3, 0.4) is 0 Å². The maximum Gasteiger partial charge on any atom is 0.244 e. The number of carbonyl (C=O) groups excluding carboxylic acids is 2.